The first-order valence-corrected chi connectivity index (χ1v) is 9.19. The summed E-state index contributed by atoms with van der Waals surface area (Å²) in [6, 6.07) is 18.4. The topological polar surface area (TPSA) is 58.6 Å². The van der Waals surface area contributed by atoms with Gasteiger partial charge in [-0.05, 0) is 55.0 Å². The number of rotatable bonds is 4. The van der Waals surface area contributed by atoms with Crippen LogP contribution in [-0.4, -0.2) is 18.4 Å². The van der Waals surface area contributed by atoms with Crippen LogP contribution in [0.5, 0.6) is 5.75 Å². The van der Waals surface area contributed by atoms with Crippen LogP contribution < -0.4 is 15.0 Å². The molecule has 0 unspecified atom stereocenters. The number of anilines is 2. The molecule has 29 heavy (non-hydrogen) atoms. The lowest BCUT2D eigenvalue weighted by molar-refractivity contribution is -0.121. The van der Waals surface area contributed by atoms with Gasteiger partial charge in [-0.3, -0.25) is 9.59 Å². The molecule has 5 nitrogen and oxygen atoms in total. The summed E-state index contributed by atoms with van der Waals surface area (Å²) in [4.78, 5) is 26.7. The van der Waals surface area contributed by atoms with Gasteiger partial charge < -0.3 is 15.0 Å². The molecule has 1 aliphatic heterocycles. The monoisotopic (exact) mass is 390 g/mol. The molecule has 0 radical (unpaired) electrons. The van der Waals surface area contributed by atoms with Gasteiger partial charge >= 0.3 is 0 Å². The normalized spacial score (nSPS) is 12.9. The van der Waals surface area contributed by atoms with Crippen LogP contribution in [0.4, 0.5) is 15.8 Å². The Bertz CT molecular complexity index is 1060. The van der Waals surface area contributed by atoms with E-state index < -0.39 is 0 Å². The average molecular weight is 390 g/mol. The number of halogens is 1. The van der Waals surface area contributed by atoms with E-state index in [2.05, 4.69) is 5.32 Å². The minimum Gasteiger partial charge on any atom is -0.482 e. The SMILES string of the molecule is Cc1ccc(CN2C(=O)COc3ccc(C(=O)Nc4ccc(F)cc4)cc32)cc1. The number of fused-ring (bicyclic) bond motifs is 1. The zero-order valence-corrected chi connectivity index (χ0v) is 15.8. The van der Waals surface area contributed by atoms with Gasteiger partial charge in [0.25, 0.3) is 11.8 Å². The zero-order chi connectivity index (χ0) is 20.4. The molecule has 0 saturated heterocycles. The maximum absolute atomic E-state index is 13.1. The van der Waals surface area contributed by atoms with Crippen LogP contribution in [0, 0.1) is 12.7 Å². The zero-order valence-electron chi connectivity index (χ0n) is 15.8. The number of nitrogens with zero attached hydrogens (tertiary/aromatic N) is 1. The van der Waals surface area contributed by atoms with Crippen molar-refractivity contribution in [3.05, 3.63) is 89.2 Å². The number of hydrogen-bond acceptors (Lipinski definition) is 3. The first-order chi connectivity index (χ1) is 14.0. The van der Waals surface area contributed by atoms with E-state index in [-0.39, 0.29) is 24.2 Å². The molecule has 0 aromatic heterocycles. The van der Waals surface area contributed by atoms with E-state index in [0.29, 0.717) is 29.2 Å². The maximum atomic E-state index is 13.1. The third kappa shape index (κ3) is 4.11. The van der Waals surface area contributed by atoms with Crippen LogP contribution in [0.25, 0.3) is 0 Å². The number of aryl methyl sites for hydroxylation is 1. The summed E-state index contributed by atoms with van der Waals surface area (Å²) in [5.74, 6) is -0.351. The Morgan fingerprint density at radius 2 is 1.79 bits per heavy atom. The van der Waals surface area contributed by atoms with E-state index in [1.807, 2.05) is 31.2 Å². The second-order valence-electron chi connectivity index (χ2n) is 6.90. The lowest BCUT2D eigenvalue weighted by Gasteiger charge is -2.30. The number of carbonyl (C=O) groups is 2. The number of nitrogens with one attached hydrogen (secondary N) is 1. The largest absolute Gasteiger partial charge is 0.482 e. The molecule has 1 aliphatic rings. The van der Waals surface area contributed by atoms with E-state index in [9.17, 15) is 14.0 Å². The molecule has 0 atom stereocenters. The van der Waals surface area contributed by atoms with E-state index in [4.69, 9.17) is 4.74 Å². The summed E-state index contributed by atoms with van der Waals surface area (Å²) in [5, 5.41) is 2.72. The number of benzene rings is 3. The second-order valence-corrected chi connectivity index (χ2v) is 6.90. The van der Waals surface area contributed by atoms with Gasteiger partial charge in [-0.15, -0.1) is 0 Å². The van der Waals surface area contributed by atoms with Crippen molar-refractivity contribution in [3.8, 4) is 5.75 Å². The first-order valence-electron chi connectivity index (χ1n) is 9.19. The standard InChI is InChI=1S/C23H19FN2O3/c1-15-2-4-16(5-3-15)13-26-20-12-17(6-11-21(20)29-14-22(26)27)23(28)25-19-9-7-18(24)8-10-19/h2-12H,13-14H2,1H3,(H,25,28). The number of amides is 2. The van der Waals surface area contributed by atoms with Crippen molar-refractivity contribution in [2.75, 3.05) is 16.8 Å². The van der Waals surface area contributed by atoms with Crippen LogP contribution in [0.2, 0.25) is 0 Å². The Morgan fingerprint density at radius 1 is 1.07 bits per heavy atom. The van der Waals surface area contributed by atoms with Gasteiger partial charge in [0, 0.05) is 11.3 Å². The molecule has 3 aromatic rings. The third-order valence-electron chi connectivity index (χ3n) is 4.73. The van der Waals surface area contributed by atoms with Crippen molar-refractivity contribution in [2.45, 2.75) is 13.5 Å². The highest BCUT2D eigenvalue weighted by Crippen LogP contribution is 2.34. The second kappa shape index (κ2) is 7.75. The predicted octanol–water partition coefficient (Wildman–Crippen LogP) is 4.31. The van der Waals surface area contributed by atoms with E-state index in [1.165, 1.54) is 24.3 Å². The van der Waals surface area contributed by atoms with E-state index in [0.717, 1.165) is 11.1 Å². The van der Waals surface area contributed by atoms with Crippen molar-refractivity contribution in [3.63, 3.8) is 0 Å². The molecule has 4 rings (SSSR count). The fourth-order valence-electron chi connectivity index (χ4n) is 3.13. The van der Waals surface area contributed by atoms with Crippen LogP contribution in [0.15, 0.2) is 66.7 Å². The quantitative estimate of drug-likeness (QED) is 0.722. The van der Waals surface area contributed by atoms with Crippen molar-refractivity contribution in [1.29, 1.82) is 0 Å². The Kier molecular flexibility index (Phi) is 4.99. The predicted molar refractivity (Wildman–Crippen MR) is 109 cm³/mol. The first kappa shape index (κ1) is 18.7. The van der Waals surface area contributed by atoms with Gasteiger partial charge in [-0.2, -0.15) is 0 Å². The van der Waals surface area contributed by atoms with Crippen molar-refractivity contribution in [1.82, 2.24) is 0 Å². The molecular weight excluding hydrogens is 371 g/mol. The smallest absolute Gasteiger partial charge is 0.265 e. The molecule has 0 saturated carbocycles. The minimum absolute atomic E-state index is 0.0417. The average Bonchev–Trinajstić information content (AvgIpc) is 2.73. The third-order valence-corrected chi connectivity index (χ3v) is 4.73. The van der Waals surface area contributed by atoms with Crippen molar-refractivity contribution in [2.24, 2.45) is 0 Å². The molecule has 146 valence electrons. The van der Waals surface area contributed by atoms with Gasteiger partial charge in [0.1, 0.15) is 11.6 Å². The van der Waals surface area contributed by atoms with Crippen LogP contribution in [0.3, 0.4) is 0 Å². The van der Waals surface area contributed by atoms with Crippen LogP contribution in [0.1, 0.15) is 21.5 Å². The summed E-state index contributed by atoms with van der Waals surface area (Å²) < 4.78 is 18.6. The van der Waals surface area contributed by atoms with Crippen LogP contribution >= 0.6 is 0 Å². The van der Waals surface area contributed by atoms with E-state index >= 15 is 0 Å². The summed E-state index contributed by atoms with van der Waals surface area (Å²) >= 11 is 0. The number of hydrogen-bond donors (Lipinski definition) is 1. The van der Waals surface area contributed by atoms with Gasteiger partial charge in [0.2, 0.25) is 0 Å². The Balaban J connectivity index is 1.60. The molecule has 6 heteroatoms. The Labute approximate surface area is 167 Å². The van der Waals surface area contributed by atoms with Gasteiger partial charge in [-0.1, -0.05) is 29.8 Å². The molecule has 1 N–H and O–H groups in total. The fourth-order valence-corrected chi connectivity index (χ4v) is 3.13. The summed E-state index contributed by atoms with van der Waals surface area (Å²) in [6.45, 7) is 2.35. The van der Waals surface area contributed by atoms with Crippen molar-refractivity contribution >= 4 is 23.2 Å². The van der Waals surface area contributed by atoms with Gasteiger partial charge in [0.15, 0.2) is 6.61 Å². The van der Waals surface area contributed by atoms with Crippen LogP contribution in [-0.2, 0) is 11.3 Å². The molecule has 0 aliphatic carbocycles. The fraction of sp³-hybridized carbons (Fsp3) is 0.130. The van der Waals surface area contributed by atoms with Crippen molar-refractivity contribution < 1.29 is 18.7 Å². The molecule has 2 amide bonds. The highest BCUT2D eigenvalue weighted by Gasteiger charge is 2.26. The molecule has 0 fully saturated rings. The lowest BCUT2D eigenvalue weighted by atomic mass is 10.1. The molecule has 1 heterocycles. The highest BCUT2D eigenvalue weighted by molar-refractivity contribution is 6.06. The maximum Gasteiger partial charge on any atom is 0.265 e. The number of carbonyl (C=O) groups excluding carboxylic acids is 2. The lowest BCUT2D eigenvalue weighted by Crippen LogP contribution is -2.38. The minimum atomic E-state index is -0.376. The van der Waals surface area contributed by atoms with Gasteiger partial charge in [-0.25, -0.2) is 4.39 Å². The van der Waals surface area contributed by atoms with Gasteiger partial charge in [0.05, 0.1) is 12.2 Å². The summed E-state index contributed by atoms with van der Waals surface area (Å²) in [7, 11) is 0. The molecule has 0 bridgehead atoms. The Morgan fingerprint density at radius 3 is 2.52 bits per heavy atom. The number of ether oxygens (including phenoxy) is 1. The highest BCUT2D eigenvalue weighted by atomic mass is 19.1. The summed E-state index contributed by atoms with van der Waals surface area (Å²) in [5.41, 5.74) is 3.53. The Hall–Kier alpha value is -3.67. The molecule has 0 spiro atoms. The summed E-state index contributed by atoms with van der Waals surface area (Å²) in [6.07, 6.45) is 0. The molecular formula is C23H19FN2O3. The molecule has 3 aromatic carbocycles. The van der Waals surface area contributed by atoms with E-state index in [1.54, 1.807) is 23.1 Å².